The summed E-state index contributed by atoms with van der Waals surface area (Å²) in [5, 5.41) is 14.6. The van der Waals surface area contributed by atoms with Gasteiger partial charge in [0.05, 0.1) is 5.92 Å². The van der Waals surface area contributed by atoms with Crippen LogP contribution in [0.3, 0.4) is 0 Å². The SMILES string of the molecule is CC(C)(C)OC(=O)C(C[C@@H](C(=O)Oc1ccc2ccccc2c1-c1c(O)ccc2ccccc12)c1ccccc1)C(=O)OC(C)(C)C. The molecule has 0 aliphatic rings. The molecule has 5 aromatic carbocycles. The van der Waals surface area contributed by atoms with Crippen LogP contribution in [0.2, 0.25) is 0 Å². The van der Waals surface area contributed by atoms with E-state index >= 15 is 0 Å². The Hall–Kier alpha value is -5.17. The molecule has 0 radical (unpaired) electrons. The molecule has 0 bridgehead atoms. The van der Waals surface area contributed by atoms with Crippen molar-refractivity contribution in [3.63, 3.8) is 0 Å². The summed E-state index contributed by atoms with van der Waals surface area (Å²) in [5.74, 6) is -4.42. The molecule has 0 heterocycles. The van der Waals surface area contributed by atoms with Crippen LogP contribution in [0.15, 0.2) is 103 Å². The Balaban J connectivity index is 1.62. The Morgan fingerprint density at radius 1 is 0.596 bits per heavy atom. The third kappa shape index (κ3) is 7.80. The number of benzene rings is 5. The average molecular weight is 633 g/mol. The maximum atomic E-state index is 14.3. The molecule has 0 saturated heterocycles. The lowest BCUT2D eigenvalue weighted by molar-refractivity contribution is -0.175. The Kier molecular flexibility index (Phi) is 9.38. The number of esters is 3. The lowest BCUT2D eigenvalue weighted by Crippen LogP contribution is -2.38. The van der Waals surface area contributed by atoms with Crippen LogP contribution in [0.25, 0.3) is 32.7 Å². The second kappa shape index (κ2) is 13.3. The Morgan fingerprint density at radius 3 is 1.64 bits per heavy atom. The zero-order valence-corrected chi connectivity index (χ0v) is 27.6. The number of phenolic OH excluding ortho intramolecular Hbond substituents is 1. The van der Waals surface area contributed by atoms with E-state index in [0.29, 0.717) is 16.7 Å². The minimum atomic E-state index is -1.40. The number of hydrogen-bond acceptors (Lipinski definition) is 7. The van der Waals surface area contributed by atoms with Crippen molar-refractivity contribution in [2.24, 2.45) is 5.92 Å². The number of carbonyl (C=O) groups excluding carboxylic acids is 3. The first-order chi connectivity index (χ1) is 22.2. The van der Waals surface area contributed by atoms with Gasteiger partial charge < -0.3 is 19.3 Å². The molecule has 7 heteroatoms. The highest BCUT2D eigenvalue weighted by Crippen LogP contribution is 2.45. The van der Waals surface area contributed by atoms with Crippen molar-refractivity contribution in [2.45, 2.75) is 65.1 Å². The molecule has 0 amide bonds. The molecule has 0 unspecified atom stereocenters. The number of fused-ring (bicyclic) bond motifs is 2. The summed E-state index contributed by atoms with van der Waals surface area (Å²) in [6.07, 6.45) is -0.241. The van der Waals surface area contributed by atoms with Crippen LogP contribution in [0.4, 0.5) is 0 Å². The Morgan fingerprint density at radius 2 is 1.09 bits per heavy atom. The lowest BCUT2D eigenvalue weighted by atomic mass is 9.88. The fourth-order valence-electron chi connectivity index (χ4n) is 5.62. The van der Waals surface area contributed by atoms with Crippen molar-refractivity contribution < 1.29 is 33.7 Å². The van der Waals surface area contributed by atoms with Crippen molar-refractivity contribution in [1.29, 1.82) is 0 Å². The van der Waals surface area contributed by atoms with E-state index in [4.69, 9.17) is 14.2 Å². The van der Waals surface area contributed by atoms with Gasteiger partial charge in [0.15, 0.2) is 5.92 Å². The van der Waals surface area contributed by atoms with Crippen molar-refractivity contribution in [3.05, 3.63) is 109 Å². The van der Waals surface area contributed by atoms with E-state index in [1.807, 2.05) is 66.7 Å². The highest BCUT2D eigenvalue weighted by Gasteiger charge is 2.39. The standard InChI is InChI=1S/C40H40O7/c1-39(2,3)46-37(43)31(38(44)47-40(4,5)6)24-30(25-14-8-7-9-15-25)36(42)45-33-23-21-27-17-11-13-19-29(27)35(33)34-28-18-12-10-16-26(28)20-22-32(34)41/h7-23,30-31,41H,24H2,1-6H3/t30-/m1/s1. The monoisotopic (exact) mass is 632 g/mol. The highest BCUT2D eigenvalue weighted by molar-refractivity contribution is 6.10. The molecule has 1 N–H and O–H groups in total. The molecule has 0 aliphatic heterocycles. The molecule has 0 saturated carbocycles. The Labute approximate surface area is 275 Å². The van der Waals surface area contributed by atoms with Gasteiger partial charge >= 0.3 is 17.9 Å². The topological polar surface area (TPSA) is 99.1 Å². The first-order valence-electron chi connectivity index (χ1n) is 15.7. The number of phenols is 1. The zero-order valence-electron chi connectivity index (χ0n) is 27.6. The summed E-state index contributed by atoms with van der Waals surface area (Å²) in [6.45, 7) is 10.3. The van der Waals surface area contributed by atoms with Crippen LogP contribution in [-0.4, -0.2) is 34.2 Å². The van der Waals surface area contributed by atoms with Crippen LogP contribution in [0.1, 0.15) is 59.4 Å². The van der Waals surface area contributed by atoms with Crippen molar-refractivity contribution in [2.75, 3.05) is 0 Å². The van der Waals surface area contributed by atoms with Crippen LogP contribution in [-0.2, 0) is 23.9 Å². The molecule has 0 spiro atoms. The van der Waals surface area contributed by atoms with Crippen molar-refractivity contribution in [1.82, 2.24) is 0 Å². The molecular weight excluding hydrogens is 592 g/mol. The van der Waals surface area contributed by atoms with E-state index in [0.717, 1.165) is 21.5 Å². The minimum Gasteiger partial charge on any atom is -0.507 e. The Bertz CT molecular complexity index is 1900. The van der Waals surface area contributed by atoms with Crippen LogP contribution in [0.5, 0.6) is 11.5 Å². The van der Waals surface area contributed by atoms with Gasteiger partial charge in [-0.2, -0.15) is 0 Å². The van der Waals surface area contributed by atoms with Gasteiger partial charge in [-0.05, 0) is 87.2 Å². The summed E-state index contributed by atoms with van der Waals surface area (Å²) < 4.78 is 17.5. The molecule has 5 rings (SSSR count). The number of carbonyl (C=O) groups is 3. The average Bonchev–Trinajstić information content (AvgIpc) is 3.00. The molecule has 0 aromatic heterocycles. The van der Waals surface area contributed by atoms with Crippen molar-refractivity contribution in [3.8, 4) is 22.6 Å². The summed E-state index contributed by atoms with van der Waals surface area (Å²) >= 11 is 0. The van der Waals surface area contributed by atoms with E-state index in [9.17, 15) is 19.5 Å². The fourth-order valence-corrected chi connectivity index (χ4v) is 5.62. The summed E-state index contributed by atoms with van der Waals surface area (Å²) in [7, 11) is 0. The molecule has 0 fully saturated rings. The smallest absolute Gasteiger partial charge is 0.320 e. The predicted molar refractivity (Wildman–Crippen MR) is 183 cm³/mol. The highest BCUT2D eigenvalue weighted by atomic mass is 16.6. The van der Waals surface area contributed by atoms with Gasteiger partial charge in [-0.25, -0.2) is 0 Å². The van der Waals surface area contributed by atoms with E-state index in [1.165, 1.54) is 0 Å². The second-order valence-corrected chi connectivity index (χ2v) is 13.6. The number of aromatic hydroxyl groups is 1. The summed E-state index contributed by atoms with van der Waals surface area (Å²) in [5.41, 5.74) is -0.112. The van der Waals surface area contributed by atoms with Gasteiger partial charge in [0.1, 0.15) is 22.7 Å². The largest absolute Gasteiger partial charge is 0.507 e. The molecule has 0 aliphatic carbocycles. The zero-order chi connectivity index (χ0) is 33.9. The summed E-state index contributed by atoms with van der Waals surface area (Å²) in [6, 6.07) is 31.3. The molecule has 47 heavy (non-hydrogen) atoms. The minimum absolute atomic E-state index is 0.0341. The van der Waals surface area contributed by atoms with E-state index in [1.54, 1.807) is 77.9 Å². The predicted octanol–water partition coefficient (Wildman–Crippen LogP) is 8.74. The van der Waals surface area contributed by atoms with Gasteiger partial charge in [0.25, 0.3) is 0 Å². The third-order valence-corrected chi connectivity index (χ3v) is 7.60. The van der Waals surface area contributed by atoms with Gasteiger partial charge in [-0.3, -0.25) is 14.4 Å². The number of ether oxygens (including phenoxy) is 3. The third-order valence-electron chi connectivity index (χ3n) is 7.60. The molecule has 1 atom stereocenters. The molecule has 5 aromatic rings. The number of rotatable bonds is 8. The first kappa shape index (κ1) is 33.2. The quantitative estimate of drug-likeness (QED) is 0.104. The van der Waals surface area contributed by atoms with Gasteiger partial charge in [0.2, 0.25) is 0 Å². The van der Waals surface area contributed by atoms with E-state index in [-0.39, 0.29) is 17.9 Å². The fraction of sp³-hybridized carbons (Fsp3) is 0.275. The van der Waals surface area contributed by atoms with E-state index < -0.39 is 40.9 Å². The van der Waals surface area contributed by atoms with Gasteiger partial charge in [0, 0.05) is 11.1 Å². The lowest BCUT2D eigenvalue weighted by Gasteiger charge is -2.28. The van der Waals surface area contributed by atoms with Crippen LogP contribution >= 0.6 is 0 Å². The van der Waals surface area contributed by atoms with Gasteiger partial charge in [-0.1, -0.05) is 91.0 Å². The normalized spacial score (nSPS) is 12.6. The van der Waals surface area contributed by atoms with Gasteiger partial charge in [-0.15, -0.1) is 0 Å². The van der Waals surface area contributed by atoms with E-state index in [2.05, 4.69) is 0 Å². The molecular formula is C40H40O7. The molecule has 242 valence electrons. The maximum absolute atomic E-state index is 14.3. The summed E-state index contributed by atoms with van der Waals surface area (Å²) in [4.78, 5) is 41.3. The molecule has 7 nitrogen and oxygen atoms in total. The van der Waals surface area contributed by atoms with Crippen LogP contribution in [0, 0.1) is 5.92 Å². The van der Waals surface area contributed by atoms with Crippen molar-refractivity contribution >= 4 is 39.5 Å². The number of hydrogen-bond donors (Lipinski definition) is 1. The maximum Gasteiger partial charge on any atom is 0.320 e. The van der Waals surface area contributed by atoms with Crippen LogP contribution < -0.4 is 4.74 Å². The second-order valence-electron chi connectivity index (χ2n) is 13.6. The first-order valence-corrected chi connectivity index (χ1v) is 15.7.